The number of nitrogens with one attached hydrogen (secondary N) is 2. The number of benzene rings is 4. The normalized spacial score (nSPS) is 11.6. The minimum Gasteiger partial charge on any atom is -0.493 e. The summed E-state index contributed by atoms with van der Waals surface area (Å²) in [5.41, 5.74) is 3.60. The van der Waals surface area contributed by atoms with Crippen LogP contribution in [0.2, 0.25) is 0 Å². The second kappa shape index (κ2) is 11.9. The Bertz CT molecular complexity index is 1620. The molecule has 41 heavy (non-hydrogen) atoms. The summed E-state index contributed by atoms with van der Waals surface area (Å²) in [6.07, 6.45) is 1.34. The van der Waals surface area contributed by atoms with E-state index in [4.69, 9.17) is 23.7 Å². The van der Waals surface area contributed by atoms with E-state index in [0.29, 0.717) is 57.7 Å². The van der Waals surface area contributed by atoms with E-state index in [1.165, 1.54) is 28.4 Å². The number of rotatable bonds is 8. The molecule has 2 amide bonds. The number of amides is 2. The number of fused-ring (bicyclic) bond motifs is 2. The van der Waals surface area contributed by atoms with Gasteiger partial charge in [-0.15, -0.1) is 0 Å². The van der Waals surface area contributed by atoms with Gasteiger partial charge < -0.3 is 34.3 Å². The van der Waals surface area contributed by atoms with Crippen molar-refractivity contribution in [2.24, 2.45) is 0 Å². The van der Waals surface area contributed by atoms with Gasteiger partial charge in [0.25, 0.3) is 11.8 Å². The van der Waals surface area contributed by atoms with Crippen molar-refractivity contribution in [2.45, 2.75) is 12.8 Å². The van der Waals surface area contributed by atoms with Crippen molar-refractivity contribution in [3.63, 3.8) is 0 Å². The highest BCUT2D eigenvalue weighted by Crippen LogP contribution is 2.40. The highest BCUT2D eigenvalue weighted by atomic mass is 16.5. The molecule has 0 radical (unpaired) electrons. The first kappa shape index (κ1) is 27.4. The molecule has 0 saturated carbocycles. The molecule has 0 unspecified atom stereocenters. The molecule has 0 atom stereocenters. The van der Waals surface area contributed by atoms with Crippen molar-refractivity contribution in [2.75, 3.05) is 39.1 Å². The molecule has 9 nitrogen and oxygen atoms in total. The summed E-state index contributed by atoms with van der Waals surface area (Å²) >= 11 is 0. The number of anilines is 2. The lowest BCUT2D eigenvalue weighted by molar-refractivity contribution is 0.101. The molecule has 0 bridgehead atoms. The molecule has 4 aromatic carbocycles. The zero-order valence-electron chi connectivity index (χ0n) is 23.2. The Balaban J connectivity index is 1.50. The Morgan fingerprint density at radius 2 is 1.22 bits per heavy atom. The first-order chi connectivity index (χ1) is 19.9. The van der Waals surface area contributed by atoms with Crippen molar-refractivity contribution in [3.05, 3.63) is 95.1 Å². The smallest absolute Gasteiger partial charge is 0.255 e. The van der Waals surface area contributed by atoms with Crippen molar-refractivity contribution < 1.29 is 33.3 Å². The van der Waals surface area contributed by atoms with E-state index in [1.54, 1.807) is 48.5 Å². The Hall–Kier alpha value is -5.18. The van der Waals surface area contributed by atoms with Crippen LogP contribution in [0.3, 0.4) is 0 Å². The standard InChI is InChI=1S/C32H30N2O7/c1-37-26-13-10-20(15-29(26)39-3)31(35)33-22-17-24(34-32(36)21-11-14-27(38-2)30(16-21)40-4)23-12-9-19-7-5-6-8-25(19)41-28(23)18-22/h5-8,10-11,13-18H,9,12H2,1-4H3,(H,33,35)(H,34,36). The quantitative estimate of drug-likeness (QED) is 0.271. The first-order valence-electron chi connectivity index (χ1n) is 12.9. The molecule has 0 fully saturated rings. The lowest BCUT2D eigenvalue weighted by Crippen LogP contribution is -2.16. The van der Waals surface area contributed by atoms with E-state index in [9.17, 15) is 9.59 Å². The summed E-state index contributed by atoms with van der Waals surface area (Å²) in [5.74, 6) is 2.47. The van der Waals surface area contributed by atoms with Gasteiger partial charge in [-0.25, -0.2) is 0 Å². The van der Waals surface area contributed by atoms with Crippen LogP contribution in [0, 0.1) is 0 Å². The summed E-state index contributed by atoms with van der Waals surface area (Å²) in [4.78, 5) is 26.6. The Labute approximate surface area is 238 Å². The van der Waals surface area contributed by atoms with Gasteiger partial charge in [0.05, 0.1) is 34.1 Å². The zero-order valence-corrected chi connectivity index (χ0v) is 23.2. The summed E-state index contributed by atoms with van der Waals surface area (Å²) in [7, 11) is 6.09. The fourth-order valence-electron chi connectivity index (χ4n) is 4.72. The van der Waals surface area contributed by atoms with Crippen LogP contribution in [0.4, 0.5) is 11.4 Å². The molecule has 4 aromatic rings. The summed E-state index contributed by atoms with van der Waals surface area (Å²) < 4.78 is 27.6. The van der Waals surface area contributed by atoms with Gasteiger partial charge in [-0.1, -0.05) is 18.2 Å². The fourth-order valence-corrected chi connectivity index (χ4v) is 4.72. The predicted molar refractivity (Wildman–Crippen MR) is 155 cm³/mol. The van der Waals surface area contributed by atoms with Crippen molar-refractivity contribution in [1.29, 1.82) is 0 Å². The molecule has 0 aliphatic carbocycles. The topological polar surface area (TPSA) is 104 Å². The van der Waals surface area contributed by atoms with Crippen LogP contribution in [0.25, 0.3) is 0 Å². The highest BCUT2D eigenvalue weighted by Gasteiger charge is 2.22. The number of carbonyl (C=O) groups is 2. The van der Waals surface area contributed by atoms with Crippen LogP contribution >= 0.6 is 0 Å². The largest absolute Gasteiger partial charge is 0.493 e. The molecule has 1 aliphatic rings. The number of hydrogen-bond acceptors (Lipinski definition) is 7. The number of hydrogen-bond donors (Lipinski definition) is 2. The monoisotopic (exact) mass is 554 g/mol. The average molecular weight is 555 g/mol. The molecule has 1 aliphatic heterocycles. The van der Waals surface area contributed by atoms with E-state index < -0.39 is 0 Å². The van der Waals surface area contributed by atoms with Gasteiger partial charge in [0.1, 0.15) is 11.5 Å². The Morgan fingerprint density at radius 3 is 1.83 bits per heavy atom. The maximum absolute atomic E-state index is 13.4. The molecule has 5 rings (SSSR count). The van der Waals surface area contributed by atoms with Gasteiger partial charge in [0.2, 0.25) is 0 Å². The molecule has 210 valence electrons. The van der Waals surface area contributed by atoms with Gasteiger partial charge >= 0.3 is 0 Å². The van der Waals surface area contributed by atoms with Crippen LogP contribution in [-0.4, -0.2) is 40.3 Å². The van der Waals surface area contributed by atoms with E-state index in [2.05, 4.69) is 10.6 Å². The van der Waals surface area contributed by atoms with E-state index >= 15 is 0 Å². The number of carbonyl (C=O) groups excluding carboxylic acids is 2. The third-order valence-corrected chi connectivity index (χ3v) is 6.84. The molecular weight excluding hydrogens is 524 g/mol. The van der Waals surface area contributed by atoms with E-state index in [1.807, 2.05) is 24.3 Å². The fraction of sp³-hybridized carbons (Fsp3) is 0.188. The second-order valence-electron chi connectivity index (χ2n) is 9.26. The maximum Gasteiger partial charge on any atom is 0.255 e. The Morgan fingerprint density at radius 1 is 0.634 bits per heavy atom. The molecule has 0 saturated heterocycles. The maximum atomic E-state index is 13.4. The van der Waals surface area contributed by atoms with Gasteiger partial charge in [0, 0.05) is 28.4 Å². The number of ether oxygens (including phenoxy) is 5. The lowest BCUT2D eigenvalue weighted by atomic mass is 10.0. The molecule has 2 N–H and O–H groups in total. The average Bonchev–Trinajstić information content (AvgIpc) is 3.19. The molecule has 0 spiro atoms. The van der Waals surface area contributed by atoms with E-state index in [0.717, 1.165) is 23.3 Å². The summed E-state index contributed by atoms with van der Waals surface area (Å²) in [6, 6.07) is 21.1. The van der Waals surface area contributed by atoms with Crippen molar-refractivity contribution >= 4 is 23.2 Å². The summed E-state index contributed by atoms with van der Waals surface area (Å²) in [6.45, 7) is 0. The van der Waals surface area contributed by atoms with Gasteiger partial charge in [-0.05, 0) is 66.9 Å². The number of para-hydroxylation sites is 1. The SMILES string of the molecule is COc1ccc(C(=O)Nc2cc(NC(=O)c3ccc(OC)c(OC)c3)c3c(c2)Oc2ccccc2CC3)cc1OC. The van der Waals surface area contributed by atoms with Crippen molar-refractivity contribution in [3.8, 4) is 34.5 Å². The first-order valence-corrected chi connectivity index (χ1v) is 12.9. The summed E-state index contributed by atoms with van der Waals surface area (Å²) in [5, 5.41) is 5.94. The molecular formula is C32H30N2O7. The number of methoxy groups -OCH3 is 4. The van der Waals surface area contributed by atoms with Crippen LogP contribution < -0.4 is 34.3 Å². The zero-order chi connectivity index (χ0) is 28.9. The minimum atomic E-state index is -0.364. The van der Waals surface area contributed by atoms with Crippen LogP contribution in [0.5, 0.6) is 34.5 Å². The van der Waals surface area contributed by atoms with Crippen LogP contribution in [0.1, 0.15) is 31.8 Å². The molecule has 9 heteroatoms. The van der Waals surface area contributed by atoms with Crippen LogP contribution in [0.15, 0.2) is 72.8 Å². The van der Waals surface area contributed by atoms with Gasteiger partial charge in [-0.2, -0.15) is 0 Å². The highest BCUT2D eigenvalue weighted by molar-refractivity contribution is 6.07. The Kier molecular flexibility index (Phi) is 7.96. The van der Waals surface area contributed by atoms with Crippen molar-refractivity contribution in [1.82, 2.24) is 0 Å². The third kappa shape index (κ3) is 5.74. The predicted octanol–water partition coefficient (Wildman–Crippen LogP) is 6.12. The lowest BCUT2D eigenvalue weighted by Gasteiger charge is -2.17. The van der Waals surface area contributed by atoms with E-state index in [-0.39, 0.29) is 11.8 Å². The van der Waals surface area contributed by atoms with Gasteiger partial charge in [-0.3, -0.25) is 9.59 Å². The third-order valence-electron chi connectivity index (χ3n) is 6.84. The molecule has 1 heterocycles. The second-order valence-corrected chi connectivity index (χ2v) is 9.26. The number of aryl methyl sites for hydroxylation is 1. The van der Waals surface area contributed by atoms with Gasteiger partial charge in [0.15, 0.2) is 23.0 Å². The minimum absolute atomic E-state index is 0.349. The molecule has 0 aromatic heterocycles. The van der Waals surface area contributed by atoms with Crippen LogP contribution in [-0.2, 0) is 12.8 Å².